The van der Waals surface area contributed by atoms with Crippen LogP contribution in [0.5, 0.6) is 0 Å². The third-order valence-electron chi connectivity index (χ3n) is 4.23. The van der Waals surface area contributed by atoms with Crippen LogP contribution < -0.4 is 0 Å². The molecule has 2 rings (SSSR count). The lowest BCUT2D eigenvalue weighted by molar-refractivity contribution is -0.125. The van der Waals surface area contributed by atoms with Crippen molar-refractivity contribution in [3.05, 3.63) is 41.7 Å². The van der Waals surface area contributed by atoms with E-state index in [0.29, 0.717) is 56.3 Å². The van der Waals surface area contributed by atoms with Crippen LogP contribution in [0.3, 0.4) is 0 Å². The SMILES string of the molecule is C/C(=C/C(=O)N1CCCN(C(=O)OCC(C)C)CC1)c1cccc(F)c1. The first kappa shape index (κ1) is 19.9. The van der Waals surface area contributed by atoms with Crippen LogP contribution >= 0.6 is 0 Å². The number of carbonyl (C=O) groups excluding carboxylic acids is 2. The minimum absolute atomic E-state index is 0.121. The predicted octanol–water partition coefficient (Wildman–Crippen LogP) is 3.56. The van der Waals surface area contributed by atoms with Crippen molar-refractivity contribution < 1.29 is 18.7 Å². The molecule has 1 aliphatic rings. The average molecular weight is 362 g/mol. The highest BCUT2D eigenvalue weighted by Gasteiger charge is 2.22. The molecule has 6 heteroatoms. The van der Waals surface area contributed by atoms with E-state index < -0.39 is 0 Å². The molecule has 0 atom stereocenters. The van der Waals surface area contributed by atoms with E-state index in [1.165, 1.54) is 18.2 Å². The summed E-state index contributed by atoms with van der Waals surface area (Å²) in [7, 11) is 0. The lowest BCUT2D eigenvalue weighted by Gasteiger charge is -2.21. The molecular formula is C20H27FN2O3. The third-order valence-corrected chi connectivity index (χ3v) is 4.23. The lowest BCUT2D eigenvalue weighted by Crippen LogP contribution is -2.37. The summed E-state index contributed by atoms with van der Waals surface area (Å²) in [6.07, 6.45) is 1.91. The van der Waals surface area contributed by atoms with E-state index in [1.54, 1.807) is 28.9 Å². The zero-order chi connectivity index (χ0) is 19.1. The zero-order valence-corrected chi connectivity index (χ0v) is 15.7. The van der Waals surface area contributed by atoms with Crippen LogP contribution in [-0.2, 0) is 9.53 Å². The van der Waals surface area contributed by atoms with Crippen molar-refractivity contribution in [2.24, 2.45) is 5.92 Å². The summed E-state index contributed by atoms with van der Waals surface area (Å²) in [6, 6.07) is 6.19. The second kappa shape index (κ2) is 9.36. The number of rotatable bonds is 4. The van der Waals surface area contributed by atoms with Gasteiger partial charge < -0.3 is 14.5 Å². The van der Waals surface area contributed by atoms with Crippen LogP contribution in [0.4, 0.5) is 9.18 Å². The molecule has 0 N–H and O–H groups in total. The van der Waals surface area contributed by atoms with Gasteiger partial charge in [-0.25, -0.2) is 9.18 Å². The molecule has 1 heterocycles. The molecular weight excluding hydrogens is 335 g/mol. The van der Waals surface area contributed by atoms with Gasteiger partial charge in [-0.2, -0.15) is 0 Å². The van der Waals surface area contributed by atoms with Crippen molar-refractivity contribution in [3.8, 4) is 0 Å². The Labute approximate surface area is 154 Å². The van der Waals surface area contributed by atoms with Gasteiger partial charge in [0.2, 0.25) is 5.91 Å². The zero-order valence-electron chi connectivity index (χ0n) is 15.7. The minimum Gasteiger partial charge on any atom is -0.449 e. The van der Waals surface area contributed by atoms with Gasteiger partial charge in [0.05, 0.1) is 6.61 Å². The Kier molecular flexibility index (Phi) is 7.18. The van der Waals surface area contributed by atoms with Gasteiger partial charge in [-0.3, -0.25) is 4.79 Å². The second-order valence-corrected chi connectivity index (χ2v) is 6.97. The van der Waals surface area contributed by atoms with Crippen LogP contribution in [0, 0.1) is 11.7 Å². The molecule has 26 heavy (non-hydrogen) atoms. The van der Waals surface area contributed by atoms with Crippen molar-refractivity contribution in [2.75, 3.05) is 32.8 Å². The molecule has 1 aromatic carbocycles. The standard InChI is InChI=1S/C20H27FN2O3/c1-15(2)14-26-20(25)23-9-5-8-22(10-11-23)19(24)12-16(3)17-6-4-7-18(21)13-17/h4,6-7,12-13,15H,5,8-11,14H2,1-3H3/b16-12-. The molecule has 0 spiro atoms. The molecule has 0 aromatic heterocycles. The van der Waals surface area contributed by atoms with E-state index in [4.69, 9.17) is 4.74 Å². The van der Waals surface area contributed by atoms with E-state index >= 15 is 0 Å². The molecule has 142 valence electrons. The summed E-state index contributed by atoms with van der Waals surface area (Å²) in [5.74, 6) is -0.155. The number of amides is 2. The van der Waals surface area contributed by atoms with Crippen LogP contribution in [-0.4, -0.2) is 54.6 Å². The maximum absolute atomic E-state index is 13.3. The highest BCUT2D eigenvalue weighted by molar-refractivity contribution is 5.94. The molecule has 0 aliphatic carbocycles. The number of carbonyl (C=O) groups is 2. The van der Waals surface area contributed by atoms with Gasteiger partial charge in [-0.1, -0.05) is 26.0 Å². The van der Waals surface area contributed by atoms with E-state index in [2.05, 4.69) is 0 Å². The van der Waals surface area contributed by atoms with Crippen molar-refractivity contribution in [1.82, 2.24) is 9.80 Å². The normalized spacial score (nSPS) is 15.8. The number of hydrogen-bond acceptors (Lipinski definition) is 3. The quantitative estimate of drug-likeness (QED) is 0.770. The molecule has 0 radical (unpaired) electrons. The smallest absolute Gasteiger partial charge is 0.409 e. The molecule has 1 fully saturated rings. The Hall–Kier alpha value is -2.37. The largest absolute Gasteiger partial charge is 0.449 e. The van der Waals surface area contributed by atoms with E-state index in [0.717, 1.165) is 0 Å². The van der Waals surface area contributed by atoms with Gasteiger partial charge in [0.15, 0.2) is 0 Å². The van der Waals surface area contributed by atoms with Crippen molar-refractivity contribution in [2.45, 2.75) is 27.2 Å². The molecule has 1 aliphatic heterocycles. The minimum atomic E-state index is -0.326. The predicted molar refractivity (Wildman–Crippen MR) is 99.0 cm³/mol. The second-order valence-electron chi connectivity index (χ2n) is 6.97. The van der Waals surface area contributed by atoms with Gasteiger partial charge >= 0.3 is 6.09 Å². The number of nitrogens with zero attached hydrogens (tertiary/aromatic N) is 2. The van der Waals surface area contributed by atoms with Crippen LogP contribution in [0.25, 0.3) is 5.57 Å². The summed E-state index contributed by atoms with van der Waals surface area (Å²) in [5, 5.41) is 0. The Morgan fingerprint density at radius 1 is 1.19 bits per heavy atom. The van der Waals surface area contributed by atoms with Gasteiger partial charge in [-0.15, -0.1) is 0 Å². The van der Waals surface area contributed by atoms with E-state index in [9.17, 15) is 14.0 Å². The van der Waals surface area contributed by atoms with Gasteiger partial charge in [-0.05, 0) is 42.5 Å². The number of allylic oxidation sites excluding steroid dienone is 1. The maximum Gasteiger partial charge on any atom is 0.409 e. The summed E-state index contributed by atoms with van der Waals surface area (Å²) in [4.78, 5) is 28.0. The first-order chi connectivity index (χ1) is 12.4. The Morgan fingerprint density at radius 2 is 1.88 bits per heavy atom. The molecule has 0 bridgehead atoms. The number of benzene rings is 1. The maximum atomic E-state index is 13.3. The molecule has 0 saturated carbocycles. The first-order valence-corrected chi connectivity index (χ1v) is 9.01. The number of ether oxygens (including phenoxy) is 1. The lowest BCUT2D eigenvalue weighted by atomic mass is 10.1. The molecule has 1 aromatic rings. The Balaban J connectivity index is 1.94. The fraction of sp³-hybridized carbons (Fsp3) is 0.500. The van der Waals surface area contributed by atoms with E-state index in [1.807, 2.05) is 13.8 Å². The fourth-order valence-corrected chi connectivity index (χ4v) is 2.74. The summed E-state index contributed by atoms with van der Waals surface area (Å²) >= 11 is 0. The average Bonchev–Trinajstić information content (AvgIpc) is 2.85. The van der Waals surface area contributed by atoms with Crippen LogP contribution in [0.15, 0.2) is 30.3 Å². The number of halogens is 1. The highest BCUT2D eigenvalue weighted by atomic mass is 19.1. The van der Waals surface area contributed by atoms with Crippen molar-refractivity contribution in [3.63, 3.8) is 0 Å². The first-order valence-electron chi connectivity index (χ1n) is 9.01. The molecule has 2 amide bonds. The molecule has 1 saturated heterocycles. The van der Waals surface area contributed by atoms with Gasteiger partial charge in [0.1, 0.15) is 5.82 Å². The van der Waals surface area contributed by atoms with Crippen molar-refractivity contribution in [1.29, 1.82) is 0 Å². The van der Waals surface area contributed by atoms with Gasteiger partial charge in [0.25, 0.3) is 0 Å². The summed E-state index contributed by atoms with van der Waals surface area (Å²) in [5.41, 5.74) is 1.40. The Bertz CT molecular complexity index is 673. The fourth-order valence-electron chi connectivity index (χ4n) is 2.74. The number of hydrogen-bond donors (Lipinski definition) is 0. The van der Waals surface area contributed by atoms with Crippen LogP contribution in [0.1, 0.15) is 32.8 Å². The highest BCUT2D eigenvalue weighted by Crippen LogP contribution is 2.16. The third kappa shape index (κ3) is 5.86. The summed E-state index contributed by atoms with van der Waals surface area (Å²) < 4.78 is 18.6. The van der Waals surface area contributed by atoms with Gasteiger partial charge in [0, 0.05) is 32.3 Å². The van der Waals surface area contributed by atoms with Crippen LogP contribution in [0.2, 0.25) is 0 Å². The summed E-state index contributed by atoms with van der Waals surface area (Å²) in [6.45, 7) is 8.24. The molecule has 5 nitrogen and oxygen atoms in total. The molecule has 0 unspecified atom stereocenters. The van der Waals surface area contributed by atoms with Crippen molar-refractivity contribution >= 4 is 17.6 Å². The Morgan fingerprint density at radius 3 is 2.58 bits per heavy atom. The topological polar surface area (TPSA) is 49.9 Å². The monoisotopic (exact) mass is 362 g/mol. The van der Waals surface area contributed by atoms with E-state index in [-0.39, 0.29) is 17.8 Å².